The van der Waals surface area contributed by atoms with E-state index >= 15 is 0 Å². The lowest BCUT2D eigenvalue weighted by atomic mass is 10.2. The van der Waals surface area contributed by atoms with Crippen molar-refractivity contribution in [1.82, 2.24) is 10.2 Å². The molecule has 0 saturated heterocycles. The molecule has 1 radical (unpaired) electrons. The monoisotopic (exact) mass is 263 g/mol. The van der Waals surface area contributed by atoms with E-state index in [-0.39, 0.29) is 12.3 Å². The number of methoxy groups -OCH3 is 1. The van der Waals surface area contributed by atoms with Gasteiger partial charge in [0, 0.05) is 25.9 Å². The lowest BCUT2D eigenvalue weighted by molar-refractivity contribution is -0.185. The number of dihydropyridines is 1. The predicted octanol–water partition coefficient (Wildman–Crippen LogP) is 1.22. The maximum atomic E-state index is 12.5. The summed E-state index contributed by atoms with van der Waals surface area (Å²) in [5.74, 6) is -1.93. The van der Waals surface area contributed by atoms with Gasteiger partial charge >= 0.3 is 12.1 Å². The van der Waals surface area contributed by atoms with E-state index in [4.69, 9.17) is 4.74 Å². The van der Waals surface area contributed by atoms with Crippen LogP contribution in [0.4, 0.5) is 13.2 Å². The summed E-state index contributed by atoms with van der Waals surface area (Å²) < 4.78 is 42.4. The van der Waals surface area contributed by atoms with Gasteiger partial charge in [0.15, 0.2) is 0 Å². The molecule has 1 N–H and O–H groups in total. The van der Waals surface area contributed by atoms with Crippen LogP contribution in [0, 0.1) is 6.08 Å². The highest BCUT2D eigenvalue weighted by Gasteiger charge is 2.45. The van der Waals surface area contributed by atoms with Crippen LogP contribution >= 0.6 is 0 Å². The van der Waals surface area contributed by atoms with Crippen LogP contribution in [0.5, 0.6) is 0 Å². The molecule has 0 aromatic rings. The highest BCUT2D eigenvalue weighted by Crippen LogP contribution is 2.24. The predicted molar refractivity (Wildman–Crippen MR) is 58.1 cm³/mol. The SMILES string of the molecule is COCC(C)N(C(=O)C(F)(F)F)C1=CNCC=[C]1. The summed E-state index contributed by atoms with van der Waals surface area (Å²) in [6.45, 7) is 1.95. The van der Waals surface area contributed by atoms with Gasteiger partial charge in [0.1, 0.15) is 0 Å². The lowest BCUT2D eigenvalue weighted by Gasteiger charge is -2.30. The van der Waals surface area contributed by atoms with E-state index in [1.165, 1.54) is 26.3 Å². The quantitative estimate of drug-likeness (QED) is 0.829. The molecule has 0 fully saturated rings. The van der Waals surface area contributed by atoms with Gasteiger partial charge in [0.25, 0.3) is 0 Å². The Morgan fingerprint density at radius 2 is 2.33 bits per heavy atom. The van der Waals surface area contributed by atoms with Crippen molar-refractivity contribution in [3.05, 3.63) is 24.0 Å². The number of carbonyl (C=O) groups is 1. The molecule has 0 aromatic heterocycles. The fourth-order valence-electron chi connectivity index (χ4n) is 1.55. The topological polar surface area (TPSA) is 41.6 Å². The Kier molecular flexibility index (Phi) is 4.77. The second kappa shape index (κ2) is 5.90. The molecule has 18 heavy (non-hydrogen) atoms. The second-order valence-electron chi connectivity index (χ2n) is 3.76. The highest BCUT2D eigenvalue weighted by atomic mass is 19.4. The normalized spacial score (nSPS) is 16.8. The first-order valence-corrected chi connectivity index (χ1v) is 5.29. The molecule has 7 heteroatoms. The summed E-state index contributed by atoms with van der Waals surface area (Å²) in [6, 6.07) is -0.740. The molecule has 1 amide bonds. The molecule has 0 saturated carbocycles. The Morgan fingerprint density at radius 1 is 1.67 bits per heavy atom. The minimum atomic E-state index is -4.93. The molecular weight excluding hydrogens is 249 g/mol. The fraction of sp³-hybridized carbons (Fsp3) is 0.545. The number of rotatable bonds is 4. The molecule has 4 nitrogen and oxygen atoms in total. The highest BCUT2D eigenvalue weighted by molar-refractivity contribution is 5.84. The van der Waals surface area contributed by atoms with Gasteiger partial charge in [0.05, 0.1) is 18.3 Å². The third-order valence-corrected chi connectivity index (χ3v) is 2.28. The summed E-state index contributed by atoms with van der Waals surface area (Å²) in [4.78, 5) is 12.0. The molecule has 0 spiro atoms. The first-order valence-electron chi connectivity index (χ1n) is 5.29. The van der Waals surface area contributed by atoms with E-state index in [1.54, 1.807) is 0 Å². The number of carbonyl (C=O) groups excluding carboxylic acids is 1. The van der Waals surface area contributed by atoms with E-state index in [9.17, 15) is 18.0 Å². The zero-order valence-electron chi connectivity index (χ0n) is 10.0. The van der Waals surface area contributed by atoms with E-state index in [0.29, 0.717) is 11.4 Å². The first kappa shape index (κ1) is 14.6. The Labute approximate surface area is 103 Å². The third kappa shape index (κ3) is 3.49. The summed E-state index contributed by atoms with van der Waals surface area (Å²) >= 11 is 0. The smallest absolute Gasteiger partial charge is 0.386 e. The molecule has 1 heterocycles. The van der Waals surface area contributed by atoms with Crippen molar-refractivity contribution in [2.45, 2.75) is 19.1 Å². The van der Waals surface area contributed by atoms with Gasteiger partial charge in [-0.05, 0) is 6.92 Å². The van der Waals surface area contributed by atoms with E-state index in [2.05, 4.69) is 11.4 Å². The van der Waals surface area contributed by atoms with Gasteiger partial charge in [-0.1, -0.05) is 6.08 Å². The minimum absolute atomic E-state index is 0.000833. The molecule has 1 aliphatic rings. The molecule has 101 valence electrons. The van der Waals surface area contributed by atoms with Crippen molar-refractivity contribution in [2.75, 3.05) is 20.3 Å². The zero-order valence-corrected chi connectivity index (χ0v) is 10.0. The van der Waals surface area contributed by atoms with Gasteiger partial charge in [-0.15, -0.1) is 0 Å². The summed E-state index contributed by atoms with van der Waals surface area (Å²) in [5.41, 5.74) is 0.0492. The minimum Gasteiger partial charge on any atom is -0.386 e. The molecule has 0 aromatic carbocycles. The fourth-order valence-corrected chi connectivity index (χ4v) is 1.55. The van der Waals surface area contributed by atoms with Crippen molar-refractivity contribution in [1.29, 1.82) is 0 Å². The van der Waals surface area contributed by atoms with E-state index in [1.807, 2.05) is 0 Å². The maximum absolute atomic E-state index is 12.5. The largest absolute Gasteiger partial charge is 0.471 e. The molecule has 1 atom stereocenters. The standard InChI is InChI=1S/C11H14F3N2O2/c1-8(7-18-2)16(10(17)11(12,13)14)9-4-3-5-15-6-9/h3,6,8,15H,5,7H2,1-2H3. The molecule has 0 aliphatic carbocycles. The van der Waals surface area contributed by atoms with E-state index < -0.39 is 18.1 Å². The van der Waals surface area contributed by atoms with Crippen molar-refractivity contribution >= 4 is 5.91 Å². The van der Waals surface area contributed by atoms with Crippen LogP contribution in [0.3, 0.4) is 0 Å². The van der Waals surface area contributed by atoms with Crippen molar-refractivity contribution in [3.63, 3.8) is 0 Å². The molecule has 1 unspecified atom stereocenters. The number of nitrogens with one attached hydrogen (secondary N) is 1. The second-order valence-corrected chi connectivity index (χ2v) is 3.76. The average molecular weight is 263 g/mol. The summed E-state index contributed by atoms with van der Waals surface area (Å²) in [7, 11) is 1.36. The maximum Gasteiger partial charge on any atom is 0.471 e. The number of allylic oxidation sites excluding steroid dienone is 1. The average Bonchev–Trinajstić information content (AvgIpc) is 2.29. The number of nitrogens with zero attached hydrogens (tertiary/aromatic N) is 1. The van der Waals surface area contributed by atoms with Crippen LogP contribution < -0.4 is 5.32 Å². The number of hydrogen-bond donors (Lipinski definition) is 1. The van der Waals surface area contributed by atoms with Gasteiger partial charge in [-0.2, -0.15) is 13.2 Å². The van der Waals surface area contributed by atoms with Crippen molar-refractivity contribution < 1.29 is 22.7 Å². The number of hydrogen-bond acceptors (Lipinski definition) is 3. The van der Waals surface area contributed by atoms with Crippen LogP contribution in [0.15, 0.2) is 18.0 Å². The van der Waals surface area contributed by atoms with Crippen LogP contribution in [0.25, 0.3) is 0 Å². The van der Waals surface area contributed by atoms with Crippen LogP contribution in [-0.2, 0) is 9.53 Å². The summed E-state index contributed by atoms with van der Waals surface area (Å²) in [5, 5.41) is 2.74. The Morgan fingerprint density at radius 3 is 2.78 bits per heavy atom. The van der Waals surface area contributed by atoms with Crippen molar-refractivity contribution in [2.24, 2.45) is 0 Å². The number of ether oxygens (including phenoxy) is 1. The van der Waals surface area contributed by atoms with E-state index in [0.717, 1.165) is 0 Å². The Balaban J connectivity index is 2.98. The van der Waals surface area contributed by atoms with Gasteiger partial charge in [0.2, 0.25) is 0 Å². The van der Waals surface area contributed by atoms with Gasteiger partial charge in [-0.25, -0.2) is 0 Å². The summed E-state index contributed by atoms with van der Waals surface area (Å²) in [6.07, 6.45) is 0.555. The zero-order chi connectivity index (χ0) is 13.8. The Hall–Kier alpha value is -1.50. The molecule has 1 aliphatic heterocycles. The van der Waals surface area contributed by atoms with Crippen LogP contribution in [0.2, 0.25) is 0 Å². The molecular formula is C11H14F3N2O2. The number of alkyl halides is 3. The van der Waals surface area contributed by atoms with Crippen LogP contribution in [-0.4, -0.2) is 43.3 Å². The van der Waals surface area contributed by atoms with Gasteiger partial charge < -0.3 is 10.1 Å². The van der Waals surface area contributed by atoms with Crippen molar-refractivity contribution in [3.8, 4) is 0 Å². The van der Waals surface area contributed by atoms with Crippen LogP contribution in [0.1, 0.15) is 6.92 Å². The molecule has 1 rings (SSSR count). The van der Waals surface area contributed by atoms with Gasteiger partial charge in [-0.3, -0.25) is 9.69 Å². The Bertz CT molecular complexity index is 364. The number of halogens is 3. The lowest BCUT2D eigenvalue weighted by Crippen LogP contribution is -2.47. The third-order valence-electron chi connectivity index (χ3n) is 2.28. The molecule has 0 bridgehead atoms. The number of amides is 1. The first-order chi connectivity index (χ1) is 8.38.